The molecule has 0 unspecified atom stereocenters. The molecule has 0 aliphatic heterocycles. The van der Waals surface area contributed by atoms with Gasteiger partial charge in [0.05, 0.1) is 24.1 Å². The van der Waals surface area contributed by atoms with Crippen molar-refractivity contribution < 1.29 is 14.3 Å². The van der Waals surface area contributed by atoms with Gasteiger partial charge in [0.2, 0.25) is 11.1 Å². The predicted molar refractivity (Wildman–Crippen MR) is 113 cm³/mol. The van der Waals surface area contributed by atoms with Crippen LogP contribution in [-0.2, 0) is 9.53 Å². The number of para-hydroxylation sites is 1. The minimum Gasteiger partial charge on any atom is -0.465 e. The number of methoxy groups -OCH3 is 1. The number of aryl methyl sites for hydroxylation is 3. The molecule has 10 heteroatoms. The van der Waals surface area contributed by atoms with E-state index >= 15 is 0 Å². The Morgan fingerprint density at radius 2 is 1.90 bits per heavy atom. The highest BCUT2D eigenvalue weighted by Gasteiger charge is 2.22. The lowest BCUT2D eigenvalue weighted by molar-refractivity contribution is -0.113. The molecule has 0 aliphatic carbocycles. The lowest BCUT2D eigenvalue weighted by Crippen LogP contribution is -2.16. The summed E-state index contributed by atoms with van der Waals surface area (Å²) in [6, 6.07) is 5.95. The van der Waals surface area contributed by atoms with E-state index in [1.807, 2.05) is 45.9 Å². The summed E-state index contributed by atoms with van der Waals surface area (Å²) in [6.45, 7) is 7.71. The second kappa shape index (κ2) is 8.75. The molecule has 0 saturated heterocycles. The standard InChI is InChI=1S/C19H21N5O3S2/c1-10-7-6-8-11(2)16(10)24-19(21-22-23-24)28-9-14(25)20-17-15(18(26)27-5)12(3)13(4)29-17/h6-8H,9H2,1-5H3,(H,20,25). The molecule has 0 saturated carbocycles. The summed E-state index contributed by atoms with van der Waals surface area (Å²) < 4.78 is 6.48. The number of esters is 1. The van der Waals surface area contributed by atoms with Crippen molar-refractivity contribution in [2.24, 2.45) is 0 Å². The van der Waals surface area contributed by atoms with Gasteiger partial charge < -0.3 is 10.1 Å². The van der Waals surface area contributed by atoms with Gasteiger partial charge in [0, 0.05) is 4.88 Å². The quantitative estimate of drug-likeness (QED) is 0.471. The van der Waals surface area contributed by atoms with Crippen LogP contribution in [0.15, 0.2) is 23.4 Å². The number of nitrogens with zero attached hydrogens (tertiary/aromatic N) is 4. The monoisotopic (exact) mass is 431 g/mol. The minimum absolute atomic E-state index is 0.0991. The average Bonchev–Trinajstić information content (AvgIpc) is 3.24. The summed E-state index contributed by atoms with van der Waals surface area (Å²) in [6.07, 6.45) is 0. The molecule has 0 radical (unpaired) electrons. The van der Waals surface area contributed by atoms with Crippen LogP contribution in [0.1, 0.15) is 31.9 Å². The van der Waals surface area contributed by atoms with Crippen LogP contribution in [0, 0.1) is 27.7 Å². The van der Waals surface area contributed by atoms with E-state index < -0.39 is 5.97 Å². The van der Waals surface area contributed by atoms with Crippen molar-refractivity contribution in [2.45, 2.75) is 32.9 Å². The maximum absolute atomic E-state index is 12.5. The second-order valence-electron chi connectivity index (χ2n) is 6.43. The zero-order valence-corrected chi connectivity index (χ0v) is 18.4. The van der Waals surface area contributed by atoms with Gasteiger partial charge >= 0.3 is 5.97 Å². The maximum Gasteiger partial charge on any atom is 0.341 e. The molecular weight excluding hydrogens is 410 g/mol. The van der Waals surface area contributed by atoms with E-state index in [4.69, 9.17) is 4.74 Å². The maximum atomic E-state index is 12.5. The number of nitrogens with one attached hydrogen (secondary N) is 1. The first-order valence-corrected chi connectivity index (χ1v) is 10.6. The van der Waals surface area contributed by atoms with Crippen molar-refractivity contribution in [2.75, 3.05) is 18.2 Å². The molecule has 1 N–H and O–H groups in total. The minimum atomic E-state index is -0.464. The molecule has 0 spiro atoms. The van der Waals surface area contributed by atoms with Gasteiger partial charge in [0.15, 0.2) is 0 Å². The van der Waals surface area contributed by atoms with Crippen molar-refractivity contribution in [3.8, 4) is 5.69 Å². The number of rotatable bonds is 6. The van der Waals surface area contributed by atoms with Gasteiger partial charge in [-0.25, -0.2) is 4.79 Å². The number of hydrogen-bond donors (Lipinski definition) is 1. The van der Waals surface area contributed by atoms with Crippen molar-refractivity contribution in [3.05, 3.63) is 45.3 Å². The molecule has 1 amide bonds. The Morgan fingerprint density at radius 3 is 2.55 bits per heavy atom. The Morgan fingerprint density at radius 1 is 1.21 bits per heavy atom. The molecule has 0 aliphatic rings. The Kier molecular flexibility index (Phi) is 6.33. The molecule has 0 bridgehead atoms. The first kappa shape index (κ1) is 21.0. The summed E-state index contributed by atoms with van der Waals surface area (Å²) in [4.78, 5) is 25.5. The number of thiophene rings is 1. The summed E-state index contributed by atoms with van der Waals surface area (Å²) in [5.74, 6) is -0.617. The Hall–Kier alpha value is -2.72. The van der Waals surface area contributed by atoms with Gasteiger partial charge in [-0.3, -0.25) is 4.79 Å². The smallest absolute Gasteiger partial charge is 0.341 e. The summed E-state index contributed by atoms with van der Waals surface area (Å²) in [5.41, 5.74) is 4.18. The van der Waals surface area contributed by atoms with Gasteiger partial charge in [-0.2, -0.15) is 4.68 Å². The fraction of sp³-hybridized carbons (Fsp3) is 0.316. The van der Waals surface area contributed by atoms with Crippen LogP contribution in [0.2, 0.25) is 0 Å². The lowest BCUT2D eigenvalue weighted by atomic mass is 10.1. The molecule has 152 valence electrons. The summed E-state index contributed by atoms with van der Waals surface area (Å²) >= 11 is 2.58. The number of benzene rings is 1. The predicted octanol–water partition coefficient (Wildman–Crippen LogP) is 3.47. The van der Waals surface area contributed by atoms with Crippen molar-refractivity contribution in [3.63, 3.8) is 0 Å². The van der Waals surface area contributed by atoms with E-state index in [1.54, 1.807) is 4.68 Å². The van der Waals surface area contributed by atoms with E-state index in [1.165, 1.54) is 30.2 Å². The third kappa shape index (κ3) is 4.33. The zero-order chi connectivity index (χ0) is 21.1. The number of tetrazole rings is 1. The van der Waals surface area contributed by atoms with Gasteiger partial charge in [0.25, 0.3) is 0 Å². The van der Waals surface area contributed by atoms with Crippen molar-refractivity contribution in [1.82, 2.24) is 20.2 Å². The topological polar surface area (TPSA) is 99.0 Å². The van der Waals surface area contributed by atoms with E-state index in [0.717, 1.165) is 27.3 Å². The van der Waals surface area contributed by atoms with Crippen molar-refractivity contribution >= 4 is 40.0 Å². The number of ether oxygens (including phenoxy) is 1. The number of thioether (sulfide) groups is 1. The molecule has 29 heavy (non-hydrogen) atoms. The molecule has 3 rings (SSSR count). The SMILES string of the molecule is COC(=O)c1c(NC(=O)CSc2nnnn2-c2c(C)cccc2C)sc(C)c1C. The van der Waals surface area contributed by atoms with Crippen LogP contribution < -0.4 is 5.32 Å². The van der Waals surface area contributed by atoms with E-state index in [9.17, 15) is 9.59 Å². The number of hydrogen-bond acceptors (Lipinski definition) is 8. The van der Waals surface area contributed by atoms with Crippen LogP contribution in [-0.4, -0.2) is 44.9 Å². The molecule has 0 atom stereocenters. The van der Waals surface area contributed by atoms with Crippen LogP contribution in [0.4, 0.5) is 5.00 Å². The fourth-order valence-corrected chi connectivity index (χ4v) is 4.65. The van der Waals surface area contributed by atoms with Crippen LogP contribution >= 0.6 is 23.1 Å². The molecule has 2 heterocycles. The van der Waals surface area contributed by atoms with Gasteiger partial charge in [0.1, 0.15) is 5.00 Å². The number of carbonyl (C=O) groups is 2. The normalized spacial score (nSPS) is 10.8. The summed E-state index contributed by atoms with van der Waals surface area (Å²) in [5, 5.41) is 15.7. The highest BCUT2D eigenvalue weighted by atomic mass is 32.2. The molecule has 3 aromatic rings. The third-order valence-electron chi connectivity index (χ3n) is 4.45. The van der Waals surface area contributed by atoms with E-state index in [-0.39, 0.29) is 11.7 Å². The zero-order valence-electron chi connectivity index (χ0n) is 16.8. The first-order valence-electron chi connectivity index (χ1n) is 8.79. The second-order valence-corrected chi connectivity index (χ2v) is 8.60. The van der Waals surface area contributed by atoms with Gasteiger partial charge in [-0.1, -0.05) is 30.0 Å². The third-order valence-corrected chi connectivity index (χ3v) is 6.49. The largest absolute Gasteiger partial charge is 0.465 e. The van der Waals surface area contributed by atoms with Crippen LogP contribution in [0.25, 0.3) is 5.69 Å². The number of amides is 1. The number of aromatic nitrogens is 4. The van der Waals surface area contributed by atoms with Gasteiger partial charge in [-0.05, 0) is 54.8 Å². The Bertz CT molecular complexity index is 1050. The molecule has 8 nitrogen and oxygen atoms in total. The fourth-order valence-electron chi connectivity index (χ4n) is 2.90. The highest BCUT2D eigenvalue weighted by molar-refractivity contribution is 7.99. The van der Waals surface area contributed by atoms with Crippen LogP contribution in [0.5, 0.6) is 0 Å². The number of carbonyl (C=O) groups excluding carboxylic acids is 2. The Balaban J connectivity index is 1.75. The van der Waals surface area contributed by atoms with Crippen LogP contribution in [0.3, 0.4) is 0 Å². The molecular formula is C19H21N5O3S2. The van der Waals surface area contributed by atoms with E-state index in [0.29, 0.717) is 15.7 Å². The average molecular weight is 432 g/mol. The van der Waals surface area contributed by atoms with Gasteiger partial charge in [-0.15, -0.1) is 16.4 Å². The lowest BCUT2D eigenvalue weighted by Gasteiger charge is -2.10. The van der Waals surface area contributed by atoms with Crippen molar-refractivity contribution in [1.29, 1.82) is 0 Å². The highest BCUT2D eigenvalue weighted by Crippen LogP contribution is 2.33. The Labute approximate surface area is 176 Å². The summed E-state index contributed by atoms with van der Waals surface area (Å²) in [7, 11) is 1.32. The molecule has 2 aromatic heterocycles. The van der Waals surface area contributed by atoms with E-state index in [2.05, 4.69) is 20.8 Å². The number of anilines is 1. The molecule has 1 aromatic carbocycles. The molecule has 0 fully saturated rings. The first-order chi connectivity index (χ1) is 13.8.